The van der Waals surface area contributed by atoms with E-state index < -0.39 is 6.03 Å². The van der Waals surface area contributed by atoms with Crippen LogP contribution in [0.2, 0.25) is 0 Å². The number of para-hydroxylation sites is 1. The van der Waals surface area contributed by atoms with Crippen LogP contribution >= 0.6 is 0 Å². The minimum atomic E-state index is -0.447. The van der Waals surface area contributed by atoms with Crippen molar-refractivity contribution in [3.63, 3.8) is 0 Å². The Hall–Kier alpha value is -2.50. The van der Waals surface area contributed by atoms with Gasteiger partial charge in [-0.2, -0.15) is 0 Å². The number of aromatic nitrogens is 1. The molecule has 4 rings (SSSR count). The molecule has 2 heterocycles. The molecule has 0 spiro atoms. The third kappa shape index (κ3) is 2.86. The Balaban J connectivity index is 1.54. The van der Waals surface area contributed by atoms with Crippen LogP contribution in [0.4, 0.5) is 4.79 Å². The maximum absolute atomic E-state index is 12.6. The zero-order valence-corrected chi connectivity index (χ0v) is 14.2. The minimum Gasteiger partial charge on any atom is -0.460 e. The van der Waals surface area contributed by atoms with Crippen LogP contribution in [0.3, 0.4) is 0 Å². The van der Waals surface area contributed by atoms with Crippen molar-refractivity contribution in [3.05, 3.63) is 35.0 Å². The van der Waals surface area contributed by atoms with Gasteiger partial charge in [0.1, 0.15) is 6.61 Å². The predicted octanol–water partition coefficient (Wildman–Crippen LogP) is 2.75. The molecule has 0 bridgehead atoms. The first-order valence-electron chi connectivity index (χ1n) is 9.01. The van der Waals surface area contributed by atoms with Crippen molar-refractivity contribution in [2.24, 2.45) is 5.73 Å². The van der Waals surface area contributed by atoms with Gasteiger partial charge in [0.05, 0.1) is 17.1 Å². The summed E-state index contributed by atoms with van der Waals surface area (Å²) in [6.45, 7) is 0.828. The van der Waals surface area contributed by atoms with E-state index in [1.54, 1.807) is 11.0 Å². The minimum absolute atomic E-state index is 0.113. The van der Waals surface area contributed by atoms with Crippen LogP contribution in [-0.2, 0) is 17.6 Å². The van der Waals surface area contributed by atoms with Gasteiger partial charge in [-0.05, 0) is 50.2 Å². The van der Waals surface area contributed by atoms with E-state index in [1.807, 2.05) is 6.07 Å². The summed E-state index contributed by atoms with van der Waals surface area (Å²) >= 11 is 0. The molecule has 6 nitrogen and oxygen atoms in total. The summed E-state index contributed by atoms with van der Waals surface area (Å²) in [6.07, 6.45) is 6.18. The first-order chi connectivity index (χ1) is 12.1. The lowest BCUT2D eigenvalue weighted by atomic mass is 9.95. The van der Waals surface area contributed by atoms with Crippen molar-refractivity contribution in [3.8, 4) is 0 Å². The number of aromatic amines is 1. The number of nitrogens with two attached hydrogens (primary N) is 1. The highest BCUT2D eigenvalue weighted by Gasteiger charge is 2.29. The number of hydrogen-bond acceptors (Lipinski definition) is 3. The molecule has 1 aromatic heterocycles. The molecule has 0 unspecified atom stereocenters. The van der Waals surface area contributed by atoms with Gasteiger partial charge >= 0.3 is 12.0 Å². The number of carbonyl (C=O) groups is 2. The molecule has 2 aromatic rings. The number of nitrogens with one attached hydrogen (secondary N) is 1. The topological polar surface area (TPSA) is 88.4 Å². The van der Waals surface area contributed by atoms with Crippen LogP contribution in [0.5, 0.6) is 0 Å². The van der Waals surface area contributed by atoms with Crippen LogP contribution in [-0.4, -0.2) is 41.1 Å². The van der Waals surface area contributed by atoms with Gasteiger partial charge in [-0.1, -0.05) is 12.1 Å². The number of ether oxygens (including phenoxy) is 1. The second kappa shape index (κ2) is 6.43. The van der Waals surface area contributed by atoms with Crippen molar-refractivity contribution in [1.82, 2.24) is 9.88 Å². The highest BCUT2D eigenvalue weighted by Crippen LogP contribution is 2.31. The summed E-state index contributed by atoms with van der Waals surface area (Å²) in [4.78, 5) is 29.1. The molecule has 1 saturated heterocycles. The third-order valence-corrected chi connectivity index (χ3v) is 5.42. The van der Waals surface area contributed by atoms with Crippen LogP contribution < -0.4 is 5.73 Å². The van der Waals surface area contributed by atoms with Crippen LogP contribution in [0, 0.1) is 0 Å². The smallest absolute Gasteiger partial charge is 0.340 e. The number of fused-ring (bicyclic) bond motifs is 3. The Morgan fingerprint density at radius 2 is 2.08 bits per heavy atom. The number of H-pyrrole nitrogens is 1. The lowest BCUT2D eigenvalue weighted by molar-refractivity contribution is 0.0424. The molecule has 1 atom stereocenters. The fourth-order valence-electron chi connectivity index (χ4n) is 4.15. The van der Waals surface area contributed by atoms with Gasteiger partial charge < -0.3 is 20.4 Å². The Kier molecular flexibility index (Phi) is 4.11. The van der Waals surface area contributed by atoms with E-state index in [0.717, 1.165) is 36.6 Å². The number of amides is 2. The number of likely N-dealkylation sites (tertiary alicyclic amines) is 1. The van der Waals surface area contributed by atoms with E-state index in [1.165, 1.54) is 24.1 Å². The van der Waals surface area contributed by atoms with E-state index >= 15 is 0 Å². The highest BCUT2D eigenvalue weighted by molar-refractivity contribution is 6.04. The van der Waals surface area contributed by atoms with Crippen molar-refractivity contribution >= 4 is 22.9 Å². The molecule has 25 heavy (non-hydrogen) atoms. The van der Waals surface area contributed by atoms with E-state index in [4.69, 9.17) is 10.5 Å². The van der Waals surface area contributed by atoms with Gasteiger partial charge in [0, 0.05) is 17.6 Å². The molecular formula is C19H23N3O3. The van der Waals surface area contributed by atoms with Gasteiger partial charge in [0.2, 0.25) is 0 Å². The summed E-state index contributed by atoms with van der Waals surface area (Å²) in [5, 5.41) is 1.13. The predicted molar refractivity (Wildman–Crippen MR) is 94.5 cm³/mol. The first-order valence-corrected chi connectivity index (χ1v) is 9.01. The summed E-state index contributed by atoms with van der Waals surface area (Å²) in [5.74, 6) is -0.347. The lowest BCUT2D eigenvalue weighted by Gasteiger charge is -2.22. The number of hydrogen-bond donors (Lipinski definition) is 2. The second-order valence-electron chi connectivity index (χ2n) is 6.94. The standard InChI is InChI=1S/C19H23N3O3/c20-19(24)22-10-4-5-12(22)11-25-18(23)15-8-3-7-14-13-6-1-2-9-16(13)21-17(14)15/h3,7-8,12,21H,1-2,4-6,9-11H2,(H2,20,24)/t12-/m1/s1. The summed E-state index contributed by atoms with van der Waals surface area (Å²) in [6, 6.07) is 5.22. The summed E-state index contributed by atoms with van der Waals surface area (Å²) in [5.41, 5.74) is 9.40. The quantitative estimate of drug-likeness (QED) is 0.841. The van der Waals surface area contributed by atoms with Crippen LogP contribution in [0.25, 0.3) is 10.9 Å². The number of urea groups is 1. The molecular weight excluding hydrogens is 318 g/mol. The number of rotatable bonds is 3. The van der Waals surface area contributed by atoms with Crippen molar-refractivity contribution in [2.45, 2.75) is 44.6 Å². The largest absolute Gasteiger partial charge is 0.460 e. The Morgan fingerprint density at radius 1 is 1.24 bits per heavy atom. The van der Waals surface area contributed by atoms with E-state index in [2.05, 4.69) is 11.1 Å². The number of nitrogens with zero attached hydrogens (tertiary/aromatic N) is 1. The molecule has 1 aromatic carbocycles. The number of benzene rings is 1. The zero-order valence-electron chi connectivity index (χ0n) is 14.2. The number of aryl methyl sites for hydroxylation is 2. The normalized spacial score (nSPS) is 19.8. The van der Waals surface area contributed by atoms with E-state index in [-0.39, 0.29) is 18.6 Å². The average molecular weight is 341 g/mol. The second-order valence-corrected chi connectivity index (χ2v) is 6.94. The SMILES string of the molecule is NC(=O)N1CCC[C@@H]1COC(=O)c1cccc2c3c([nH]c12)CCCC3. The molecule has 2 aliphatic rings. The van der Waals surface area contributed by atoms with Gasteiger partial charge in [0.15, 0.2) is 0 Å². The molecule has 3 N–H and O–H groups in total. The first kappa shape index (κ1) is 16.0. The number of esters is 1. The highest BCUT2D eigenvalue weighted by atomic mass is 16.5. The Bertz CT molecular complexity index is 827. The molecule has 1 aliphatic heterocycles. The van der Waals surface area contributed by atoms with Gasteiger partial charge in [-0.25, -0.2) is 9.59 Å². The fourth-order valence-corrected chi connectivity index (χ4v) is 4.15. The molecule has 1 fully saturated rings. The molecule has 6 heteroatoms. The monoisotopic (exact) mass is 341 g/mol. The van der Waals surface area contributed by atoms with Crippen molar-refractivity contribution < 1.29 is 14.3 Å². The fraction of sp³-hybridized carbons (Fsp3) is 0.474. The van der Waals surface area contributed by atoms with Crippen LogP contribution in [0.15, 0.2) is 18.2 Å². The van der Waals surface area contributed by atoms with Crippen molar-refractivity contribution in [2.75, 3.05) is 13.2 Å². The zero-order chi connectivity index (χ0) is 17.4. The summed E-state index contributed by atoms with van der Waals surface area (Å²) in [7, 11) is 0. The molecule has 1 aliphatic carbocycles. The molecule has 0 radical (unpaired) electrons. The van der Waals surface area contributed by atoms with Crippen LogP contribution in [0.1, 0.15) is 47.3 Å². The van der Waals surface area contributed by atoms with Crippen molar-refractivity contribution in [1.29, 1.82) is 0 Å². The maximum Gasteiger partial charge on any atom is 0.340 e. The Labute approximate surface area is 146 Å². The Morgan fingerprint density at radius 3 is 2.92 bits per heavy atom. The average Bonchev–Trinajstić information content (AvgIpc) is 3.23. The number of carbonyl (C=O) groups excluding carboxylic acids is 2. The molecule has 0 saturated carbocycles. The molecule has 2 amide bonds. The van der Waals surface area contributed by atoms with Gasteiger partial charge in [-0.3, -0.25) is 0 Å². The maximum atomic E-state index is 12.6. The third-order valence-electron chi connectivity index (χ3n) is 5.42. The number of primary amides is 1. The van der Waals surface area contributed by atoms with E-state index in [0.29, 0.717) is 12.1 Å². The summed E-state index contributed by atoms with van der Waals surface area (Å²) < 4.78 is 5.52. The van der Waals surface area contributed by atoms with E-state index in [9.17, 15) is 9.59 Å². The molecule has 132 valence electrons. The lowest BCUT2D eigenvalue weighted by Crippen LogP contribution is -2.41. The van der Waals surface area contributed by atoms with Gasteiger partial charge in [0.25, 0.3) is 0 Å². The van der Waals surface area contributed by atoms with Gasteiger partial charge in [-0.15, -0.1) is 0 Å².